The van der Waals surface area contributed by atoms with E-state index in [2.05, 4.69) is 46.3 Å². The Morgan fingerprint density at radius 3 is 2.09 bits per heavy atom. The van der Waals surface area contributed by atoms with Gasteiger partial charge in [0.15, 0.2) is 5.82 Å². The first kappa shape index (κ1) is 22.2. The predicted molar refractivity (Wildman–Crippen MR) is 125 cm³/mol. The lowest BCUT2D eigenvalue weighted by Gasteiger charge is -2.34. The van der Waals surface area contributed by atoms with Gasteiger partial charge in [-0.05, 0) is 55.3 Å². The molecule has 1 saturated heterocycles. The van der Waals surface area contributed by atoms with Crippen molar-refractivity contribution >= 4 is 15.8 Å². The summed E-state index contributed by atoms with van der Waals surface area (Å²) in [4.78, 5) is 2.36. The van der Waals surface area contributed by atoms with Crippen molar-refractivity contribution in [3.63, 3.8) is 0 Å². The Kier molecular flexibility index (Phi) is 6.72. The van der Waals surface area contributed by atoms with Crippen LogP contribution in [-0.2, 0) is 16.4 Å². The summed E-state index contributed by atoms with van der Waals surface area (Å²) in [6, 6.07) is 18.8. The zero-order valence-corrected chi connectivity index (χ0v) is 19.3. The summed E-state index contributed by atoms with van der Waals surface area (Å²) in [7, 11) is -3.53. The van der Waals surface area contributed by atoms with Crippen LogP contribution in [0.2, 0.25) is 0 Å². The van der Waals surface area contributed by atoms with Crippen LogP contribution in [0.5, 0.6) is 5.75 Å². The maximum Gasteiger partial charge on any atom is 0.243 e. The number of aryl methyl sites for hydroxylation is 1. The van der Waals surface area contributed by atoms with Crippen LogP contribution in [0.15, 0.2) is 65.6 Å². The number of nitrogens with zero attached hydrogens (tertiary/aromatic N) is 4. The monoisotopic (exact) mass is 452 g/mol. The van der Waals surface area contributed by atoms with E-state index in [1.165, 1.54) is 9.87 Å². The first-order chi connectivity index (χ1) is 15.5. The number of hydrogen-bond donors (Lipinski definition) is 0. The molecule has 0 N–H and O–H groups in total. The van der Waals surface area contributed by atoms with E-state index in [0.717, 1.165) is 23.5 Å². The first-order valence-electron chi connectivity index (χ1n) is 10.9. The fraction of sp³-hybridized carbons (Fsp3) is 0.333. The third-order valence-electron chi connectivity index (χ3n) is 5.64. The number of piperazine rings is 1. The molecular weight excluding hydrogens is 424 g/mol. The van der Waals surface area contributed by atoms with Crippen LogP contribution in [0.3, 0.4) is 0 Å². The highest BCUT2D eigenvalue weighted by molar-refractivity contribution is 7.89. The van der Waals surface area contributed by atoms with Crippen molar-refractivity contribution in [1.82, 2.24) is 14.5 Å². The van der Waals surface area contributed by atoms with E-state index in [0.29, 0.717) is 38.5 Å². The van der Waals surface area contributed by atoms with E-state index in [1.54, 1.807) is 24.3 Å². The van der Waals surface area contributed by atoms with E-state index in [9.17, 15) is 8.42 Å². The van der Waals surface area contributed by atoms with Crippen molar-refractivity contribution in [2.75, 3.05) is 37.7 Å². The van der Waals surface area contributed by atoms with E-state index < -0.39 is 10.0 Å². The zero-order chi connectivity index (χ0) is 22.6. The van der Waals surface area contributed by atoms with Gasteiger partial charge in [-0.2, -0.15) is 4.31 Å². The van der Waals surface area contributed by atoms with Gasteiger partial charge in [0.05, 0.1) is 17.2 Å². The number of aromatic nitrogens is 2. The second kappa shape index (κ2) is 9.67. The van der Waals surface area contributed by atoms with Crippen molar-refractivity contribution < 1.29 is 13.2 Å². The molecule has 168 valence electrons. The quantitative estimate of drug-likeness (QED) is 0.545. The lowest BCUT2D eigenvalue weighted by atomic mass is 10.1. The molecule has 0 bridgehead atoms. The first-order valence-corrected chi connectivity index (χ1v) is 12.4. The lowest BCUT2D eigenvalue weighted by Crippen LogP contribution is -2.48. The summed E-state index contributed by atoms with van der Waals surface area (Å²) in [5, 5.41) is 8.77. The number of rotatable bonds is 7. The Hall–Kier alpha value is -2.97. The molecule has 0 unspecified atom stereocenters. The van der Waals surface area contributed by atoms with E-state index in [1.807, 2.05) is 19.1 Å². The minimum Gasteiger partial charge on any atom is -0.494 e. The second-order valence-corrected chi connectivity index (χ2v) is 9.56. The molecule has 2 aromatic carbocycles. The van der Waals surface area contributed by atoms with Crippen molar-refractivity contribution in [2.24, 2.45) is 0 Å². The highest BCUT2D eigenvalue weighted by atomic mass is 32.2. The van der Waals surface area contributed by atoms with Gasteiger partial charge in [0.1, 0.15) is 5.75 Å². The fourth-order valence-electron chi connectivity index (χ4n) is 3.74. The summed E-state index contributed by atoms with van der Waals surface area (Å²) in [6.45, 7) is 6.50. The Morgan fingerprint density at radius 1 is 0.844 bits per heavy atom. The number of hydrogen-bond acceptors (Lipinski definition) is 6. The summed E-state index contributed by atoms with van der Waals surface area (Å²) >= 11 is 0. The van der Waals surface area contributed by atoms with Crippen LogP contribution >= 0.6 is 0 Å². The van der Waals surface area contributed by atoms with Gasteiger partial charge in [0.25, 0.3) is 0 Å². The molecule has 0 aliphatic carbocycles. The highest BCUT2D eigenvalue weighted by Gasteiger charge is 2.29. The molecular formula is C24H28N4O3S. The molecule has 0 atom stereocenters. The molecule has 0 radical (unpaired) electrons. The molecule has 32 heavy (non-hydrogen) atoms. The molecule has 4 rings (SSSR count). The van der Waals surface area contributed by atoms with Gasteiger partial charge in [-0.1, -0.05) is 31.2 Å². The van der Waals surface area contributed by atoms with Crippen LogP contribution in [0.25, 0.3) is 11.3 Å². The zero-order valence-electron chi connectivity index (χ0n) is 18.4. The molecule has 0 spiro atoms. The third kappa shape index (κ3) is 4.76. The van der Waals surface area contributed by atoms with Crippen molar-refractivity contribution in [3.8, 4) is 17.0 Å². The predicted octanol–water partition coefficient (Wildman–Crippen LogP) is 3.62. The molecule has 3 aromatic rings. The minimum atomic E-state index is -3.53. The number of sulfonamides is 1. The van der Waals surface area contributed by atoms with Crippen molar-refractivity contribution in [1.29, 1.82) is 0 Å². The van der Waals surface area contributed by atoms with Crippen molar-refractivity contribution in [2.45, 2.75) is 25.2 Å². The molecule has 1 aliphatic rings. The van der Waals surface area contributed by atoms with Gasteiger partial charge < -0.3 is 9.64 Å². The van der Waals surface area contributed by atoms with E-state index in [4.69, 9.17) is 4.74 Å². The largest absolute Gasteiger partial charge is 0.494 e. The maximum absolute atomic E-state index is 13.0. The van der Waals surface area contributed by atoms with Crippen LogP contribution in [0.4, 0.5) is 5.82 Å². The fourth-order valence-corrected chi connectivity index (χ4v) is 5.16. The standard InChI is InChI=1S/C24H28N4O3S/c1-3-19-5-7-20(8-6-19)23-13-14-24(26-25-23)27-15-17-28(18-16-27)32(29,30)22-11-9-21(10-12-22)31-4-2/h5-14H,3-4,15-18H2,1-2H3. The average Bonchev–Trinajstić information content (AvgIpc) is 2.85. The summed E-state index contributed by atoms with van der Waals surface area (Å²) in [6.07, 6.45) is 1.01. The van der Waals surface area contributed by atoms with E-state index >= 15 is 0 Å². The number of benzene rings is 2. The second-order valence-electron chi connectivity index (χ2n) is 7.62. The molecule has 2 heterocycles. The van der Waals surface area contributed by atoms with Crippen LogP contribution in [-0.4, -0.2) is 55.7 Å². The van der Waals surface area contributed by atoms with Gasteiger partial charge >= 0.3 is 0 Å². The molecule has 1 aliphatic heterocycles. The van der Waals surface area contributed by atoms with Crippen LogP contribution in [0.1, 0.15) is 19.4 Å². The van der Waals surface area contributed by atoms with Gasteiger partial charge in [-0.3, -0.25) is 0 Å². The Morgan fingerprint density at radius 2 is 1.53 bits per heavy atom. The summed E-state index contributed by atoms with van der Waals surface area (Å²) < 4.78 is 32.9. The van der Waals surface area contributed by atoms with Gasteiger partial charge in [-0.25, -0.2) is 8.42 Å². The smallest absolute Gasteiger partial charge is 0.243 e. The molecule has 8 heteroatoms. The van der Waals surface area contributed by atoms with Gasteiger partial charge in [-0.15, -0.1) is 10.2 Å². The summed E-state index contributed by atoms with van der Waals surface area (Å²) in [5.41, 5.74) is 3.15. The van der Waals surface area contributed by atoms with Crippen LogP contribution < -0.4 is 9.64 Å². The maximum atomic E-state index is 13.0. The molecule has 0 amide bonds. The number of ether oxygens (including phenoxy) is 1. The topological polar surface area (TPSA) is 75.6 Å². The molecule has 1 aromatic heterocycles. The molecule has 0 saturated carbocycles. The third-order valence-corrected chi connectivity index (χ3v) is 7.56. The normalized spacial score (nSPS) is 15.0. The SMILES string of the molecule is CCOc1ccc(S(=O)(=O)N2CCN(c3ccc(-c4ccc(CC)cc4)nn3)CC2)cc1. The van der Waals surface area contributed by atoms with E-state index in [-0.39, 0.29) is 4.90 Å². The molecule has 7 nitrogen and oxygen atoms in total. The Labute approximate surface area is 189 Å². The Balaban J connectivity index is 1.39. The van der Waals surface area contributed by atoms with Gasteiger partial charge in [0, 0.05) is 31.7 Å². The number of anilines is 1. The Bertz CT molecular complexity index is 1120. The average molecular weight is 453 g/mol. The van der Waals surface area contributed by atoms with Crippen molar-refractivity contribution in [3.05, 3.63) is 66.2 Å². The van der Waals surface area contributed by atoms with Gasteiger partial charge in [0.2, 0.25) is 10.0 Å². The highest BCUT2D eigenvalue weighted by Crippen LogP contribution is 2.23. The molecule has 1 fully saturated rings. The van der Waals surface area contributed by atoms with Crippen LogP contribution in [0, 0.1) is 0 Å². The minimum absolute atomic E-state index is 0.285. The lowest BCUT2D eigenvalue weighted by molar-refractivity contribution is 0.340. The summed E-state index contributed by atoms with van der Waals surface area (Å²) in [5.74, 6) is 1.43.